The van der Waals surface area contributed by atoms with Crippen molar-refractivity contribution in [1.82, 2.24) is 14.9 Å². The van der Waals surface area contributed by atoms with Gasteiger partial charge in [-0.25, -0.2) is 4.98 Å². The Morgan fingerprint density at radius 3 is 2.86 bits per heavy atom. The number of nitrogens with one attached hydrogen (secondary N) is 1. The van der Waals surface area contributed by atoms with Gasteiger partial charge in [-0.05, 0) is 17.7 Å². The van der Waals surface area contributed by atoms with Crippen molar-refractivity contribution in [2.24, 2.45) is 7.05 Å². The largest absolute Gasteiger partial charge is 0.454 e. The Morgan fingerprint density at radius 2 is 2.10 bits per heavy atom. The van der Waals surface area contributed by atoms with Gasteiger partial charge in [-0.15, -0.1) is 0 Å². The van der Waals surface area contributed by atoms with Gasteiger partial charge in [0, 0.05) is 31.7 Å². The van der Waals surface area contributed by atoms with E-state index in [1.165, 1.54) is 11.3 Å². The first-order valence-corrected chi connectivity index (χ1v) is 7.12. The molecular weight excluding hydrogens is 266 g/mol. The third kappa shape index (κ3) is 2.88. The summed E-state index contributed by atoms with van der Waals surface area (Å²) in [6.45, 7) is 6.45. The third-order valence-electron chi connectivity index (χ3n) is 3.94. The molecule has 2 aromatic rings. The lowest BCUT2D eigenvalue weighted by molar-refractivity contribution is 0.174. The average Bonchev–Trinajstić information content (AvgIpc) is 3.07. The van der Waals surface area contributed by atoms with Crippen molar-refractivity contribution in [1.29, 1.82) is 0 Å². The first-order chi connectivity index (χ1) is 10.1. The highest BCUT2D eigenvalue weighted by atomic mass is 16.7. The van der Waals surface area contributed by atoms with Gasteiger partial charge < -0.3 is 19.4 Å². The molecule has 0 bridgehead atoms. The predicted octanol–water partition coefficient (Wildman–Crippen LogP) is 2.22. The Kier molecular flexibility index (Phi) is 3.59. The second-order valence-electron chi connectivity index (χ2n) is 6.05. The molecule has 5 nitrogen and oxygen atoms in total. The van der Waals surface area contributed by atoms with Crippen LogP contribution in [0.2, 0.25) is 0 Å². The minimum Gasteiger partial charge on any atom is -0.454 e. The Labute approximate surface area is 124 Å². The summed E-state index contributed by atoms with van der Waals surface area (Å²) in [5.74, 6) is 1.67. The second kappa shape index (κ2) is 5.41. The Morgan fingerprint density at radius 1 is 1.29 bits per heavy atom. The molecule has 0 fully saturated rings. The monoisotopic (exact) mass is 287 g/mol. The van der Waals surface area contributed by atoms with E-state index < -0.39 is 0 Å². The van der Waals surface area contributed by atoms with Crippen molar-refractivity contribution in [3.8, 4) is 11.5 Å². The lowest BCUT2D eigenvalue weighted by atomic mass is 9.84. The van der Waals surface area contributed by atoms with Crippen molar-refractivity contribution in [3.05, 3.63) is 42.0 Å². The maximum atomic E-state index is 5.46. The molecule has 3 rings (SSSR count). The highest BCUT2D eigenvalue weighted by Gasteiger charge is 2.23. The van der Waals surface area contributed by atoms with Crippen LogP contribution in [-0.2, 0) is 19.0 Å². The molecule has 0 aliphatic carbocycles. The van der Waals surface area contributed by atoms with Crippen molar-refractivity contribution in [2.45, 2.75) is 25.8 Å². The number of nitrogens with zero attached hydrogens (tertiary/aromatic N) is 2. The van der Waals surface area contributed by atoms with Crippen molar-refractivity contribution in [2.75, 3.05) is 13.3 Å². The van der Waals surface area contributed by atoms with E-state index in [2.05, 4.69) is 36.3 Å². The quantitative estimate of drug-likeness (QED) is 0.916. The van der Waals surface area contributed by atoms with Crippen LogP contribution in [0.4, 0.5) is 0 Å². The van der Waals surface area contributed by atoms with Crippen LogP contribution in [0, 0.1) is 0 Å². The number of ether oxygens (including phenoxy) is 2. The molecule has 21 heavy (non-hydrogen) atoms. The third-order valence-corrected chi connectivity index (χ3v) is 3.94. The highest BCUT2D eigenvalue weighted by Crippen LogP contribution is 2.36. The van der Waals surface area contributed by atoms with Crippen LogP contribution in [0.3, 0.4) is 0 Å². The van der Waals surface area contributed by atoms with Gasteiger partial charge in [0.05, 0.1) is 12.0 Å². The number of fused-ring (bicyclic) bond motifs is 1. The molecular formula is C16H21N3O2. The number of hydrogen-bond donors (Lipinski definition) is 1. The van der Waals surface area contributed by atoms with Gasteiger partial charge >= 0.3 is 0 Å². The zero-order chi connectivity index (χ0) is 14.9. The van der Waals surface area contributed by atoms with Gasteiger partial charge in [0.1, 0.15) is 0 Å². The zero-order valence-corrected chi connectivity index (χ0v) is 12.7. The van der Waals surface area contributed by atoms with Gasteiger partial charge in [-0.2, -0.15) is 0 Å². The minimum absolute atomic E-state index is 0.0135. The maximum absolute atomic E-state index is 5.46. The first kappa shape index (κ1) is 13.9. The fourth-order valence-electron chi connectivity index (χ4n) is 2.48. The number of rotatable bonds is 5. The Hall–Kier alpha value is -2.01. The van der Waals surface area contributed by atoms with Gasteiger partial charge in [-0.1, -0.05) is 19.9 Å². The summed E-state index contributed by atoms with van der Waals surface area (Å²) >= 11 is 0. The number of aryl methyl sites for hydroxylation is 1. The van der Waals surface area contributed by atoms with E-state index in [9.17, 15) is 0 Å². The highest BCUT2D eigenvalue weighted by molar-refractivity contribution is 5.46. The lowest BCUT2D eigenvalue weighted by Crippen LogP contribution is -2.33. The van der Waals surface area contributed by atoms with Crippen LogP contribution in [0.5, 0.6) is 11.5 Å². The van der Waals surface area contributed by atoms with Crippen molar-refractivity contribution >= 4 is 0 Å². The SMILES string of the molecule is Cn1cncc1CNCC(C)(C)c1ccc2c(c1)OCO2. The molecule has 1 aliphatic heterocycles. The fraction of sp³-hybridized carbons (Fsp3) is 0.438. The second-order valence-corrected chi connectivity index (χ2v) is 6.05. The predicted molar refractivity (Wildman–Crippen MR) is 80.5 cm³/mol. The van der Waals surface area contributed by atoms with E-state index in [1.807, 2.05) is 30.2 Å². The fourth-order valence-corrected chi connectivity index (χ4v) is 2.48. The summed E-state index contributed by atoms with van der Waals surface area (Å²) in [6, 6.07) is 6.17. The molecule has 0 saturated heterocycles. The molecule has 0 atom stereocenters. The van der Waals surface area contributed by atoms with Crippen LogP contribution in [0.25, 0.3) is 0 Å². The van der Waals surface area contributed by atoms with Crippen LogP contribution < -0.4 is 14.8 Å². The number of imidazole rings is 1. The van der Waals surface area contributed by atoms with Crippen molar-refractivity contribution < 1.29 is 9.47 Å². The zero-order valence-electron chi connectivity index (χ0n) is 12.7. The molecule has 0 spiro atoms. The summed E-state index contributed by atoms with van der Waals surface area (Å²) in [5, 5.41) is 3.50. The summed E-state index contributed by atoms with van der Waals surface area (Å²) in [7, 11) is 2.01. The Balaban J connectivity index is 1.65. The van der Waals surface area contributed by atoms with Crippen LogP contribution in [-0.4, -0.2) is 22.9 Å². The normalized spacial score (nSPS) is 13.7. The smallest absolute Gasteiger partial charge is 0.231 e. The topological polar surface area (TPSA) is 48.3 Å². The number of benzene rings is 1. The summed E-state index contributed by atoms with van der Waals surface area (Å²) < 4.78 is 12.8. The van der Waals surface area contributed by atoms with Gasteiger partial charge in [-0.3, -0.25) is 0 Å². The number of hydrogen-bond acceptors (Lipinski definition) is 4. The van der Waals surface area contributed by atoms with E-state index >= 15 is 0 Å². The molecule has 0 radical (unpaired) electrons. The van der Waals surface area contributed by atoms with Gasteiger partial charge in [0.2, 0.25) is 6.79 Å². The Bertz CT molecular complexity index is 634. The molecule has 1 N–H and O–H groups in total. The molecule has 0 saturated carbocycles. The summed E-state index contributed by atoms with van der Waals surface area (Å²) in [6.07, 6.45) is 3.71. The van der Waals surface area contributed by atoms with E-state index in [0.717, 1.165) is 24.6 Å². The maximum Gasteiger partial charge on any atom is 0.231 e. The molecule has 0 unspecified atom stereocenters. The molecule has 5 heteroatoms. The van der Waals surface area contributed by atoms with Crippen LogP contribution >= 0.6 is 0 Å². The molecule has 0 amide bonds. The average molecular weight is 287 g/mol. The van der Waals surface area contributed by atoms with E-state index in [1.54, 1.807) is 0 Å². The molecule has 1 aliphatic rings. The van der Waals surface area contributed by atoms with Crippen LogP contribution in [0.1, 0.15) is 25.1 Å². The number of aromatic nitrogens is 2. The first-order valence-electron chi connectivity index (χ1n) is 7.12. The van der Waals surface area contributed by atoms with Gasteiger partial charge in [0.15, 0.2) is 11.5 Å². The van der Waals surface area contributed by atoms with E-state index in [-0.39, 0.29) is 5.41 Å². The minimum atomic E-state index is 0.0135. The molecule has 112 valence electrons. The molecule has 2 heterocycles. The van der Waals surface area contributed by atoms with E-state index in [0.29, 0.717) is 6.79 Å². The summed E-state index contributed by atoms with van der Waals surface area (Å²) in [5.41, 5.74) is 2.43. The van der Waals surface area contributed by atoms with E-state index in [4.69, 9.17) is 9.47 Å². The molecule has 1 aromatic carbocycles. The lowest BCUT2D eigenvalue weighted by Gasteiger charge is -2.26. The van der Waals surface area contributed by atoms with Gasteiger partial charge in [0.25, 0.3) is 0 Å². The molecule has 1 aromatic heterocycles. The standard InChI is InChI=1S/C16H21N3O2/c1-16(2,9-17-7-13-8-18-10-19(13)3)12-4-5-14-15(6-12)21-11-20-14/h4-6,8,10,17H,7,9,11H2,1-3H3. The van der Waals surface area contributed by atoms with Crippen LogP contribution in [0.15, 0.2) is 30.7 Å². The van der Waals surface area contributed by atoms with Crippen molar-refractivity contribution in [3.63, 3.8) is 0 Å². The summed E-state index contributed by atoms with van der Waals surface area (Å²) in [4.78, 5) is 4.13.